The van der Waals surface area contributed by atoms with Crippen LogP contribution in [0.3, 0.4) is 0 Å². The van der Waals surface area contributed by atoms with Crippen molar-refractivity contribution in [2.45, 2.75) is 6.92 Å². The van der Waals surface area contributed by atoms with Crippen molar-refractivity contribution in [3.8, 4) is 17.1 Å². The highest BCUT2D eigenvalue weighted by atomic mass is 35.5. The molecule has 0 aliphatic carbocycles. The van der Waals surface area contributed by atoms with Crippen LogP contribution in [0, 0.1) is 12.7 Å². The van der Waals surface area contributed by atoms with Gasteiger partial charge < -0.3 is 5.32 Å². The Morgan fingerprint density at radius 3 is 2.37 bits per heavy atom. The topological polar surface area (TPSA) is 59.8 Å². The van der Waals surface area contributed by atoms with Gasteiger partial charge in [0.2, 0.25) is 5.82 Å². The number of halogens is 3. The molecule has 0 unspecified atom stereocenters. The van der Waals surface area contributed by atoms with Gasteiger partial charge in [-0.3, -0.25) is 4.79 Å². The number of aryl methyl sites for hydroxylation is 1. The fraction of sp³-hybridized carbons (Fsp3) is 0.0455. The summed E-state index contributed by atoms with van der Waals surface area (Å²) in [5.74, 6) is -0.498. The van der Waals surface area contributed by atoms with Crippen LogP contribution in [0.5, 0.6) is 0 Å². The minimum atomic E-state index is -0.520. The number of anilines is 1. The predicted molar refractivity (Wildman–Crippen MR) is 116 cm³/mol. The largest absolute Gasteiger partial charge is 0.319 e. The maximum atomic E-state index is 13.1. The number of nitrogens with one attached hydrogen (secondary N) is 1. The van der Waals surface area contributed by atoms with Gasteiger partial charge in [-0.05, 0) is 73.2 Å². The summed E-state index contributed by atoms with van der Waals surface area (Å²) >= 11 is 12.3. The molecule has 0 saturated carbocycles. The van der Waals surface area contributed by atoms with Crippen LogP contribution in [0.2, 0.25) is 10.0 Å². The molecule has 1 N–H and O–H groups in total. The van der Waals surface area contributed by atoms with E-state index in [1.54, 1.807) is 35.0 Å². The molecule has 0 radical (unpaired) electrons. The molecule has 0 bridgehead atoms. The van der Waals surface area contributed by atoms with Gasteiger partial charge in [0.1, 0.15) is 5.82 Å². The standard InChI is InChI=1S/C22H15Cl2FN4O/c1-13-2-11-18(12-19(13)24)29-21(14-3-5-15(23)6-4-14)27-20(28-29)22(30)26-17-9-7-16(25)8-10-17/h2-12H,1H3,(H,26,30). The highest BCUT2D eigenvalue weighted by Crippen LogP contribution is 2.26. The first-order valence-electron chi connectivity index (χ1n) is 8.97. The molecule has 3 aromatic carbocycles. The van der Waals surface area contributed by atoms with Crippen LogP contribution in [0.1, 0.15) is 16.2 Å². The van der Waals surface area contributed by atoms with Gasteiger partial charge >= 0.3 is 0 Å². The van der Waals surface area contributed by atoms with Crippen molar-refractivity contribution in [1.29, 1.82) is 0 Å². The summed E-state index contributed by atoms with van der Waals surface area (Å²) in [6, 6.07) is 18.0. The van der Waals surface area contributed by atoms with E-state index >= 15 is 0 Å². The van der Waals surface area contributed by atoms with E-state index in [4.69, 9.17) is 23.2 Å². The molecular weight excluding hydrogens is 426 g/mol. The van der Waals surface area contributed by atoms with Gasteiger partial charge in [-0.1, -0.05) is 29.3 Å². The average Bonchev–Trinajstić information content (AvgIpc) is 3.18. The molecule has 1 aromatic heterocycles. The number of carbonyl (C=O) groups excluding carboxylic acids is 1. The molecule has 30 heavy (non-hydrogen) atoms. The van der Waals surface area contributed by atoms with Crippen molar-refractivity contribution in [2.75, 3.05) is 5.32 Å². The molecule has 0 saturated heterocycles. The Balaban J connectivity index is 1.76. The highest BCUT2D eigenvalue weighted by Gasteiger charge is 2.19. The van der Waals surface area contributed by atoms with Crippen LogP contribution < -0.4 is 5.32 Å². The second-order valence-corrected chi connectivity index (χ2v) is 7.42. The van der Waals surface area contributed by atoms with Gasteiger partial charge in [0.25, 0.3) is 5.91 Å². The van der Waals surface area contributed by atoms with Crippen molar-refractivity contribution in [1.82, 2.24) is 14.8 Å². The van der Waals surface area contributed by atoms with Gasteiger partial charge in [-0.25, -0.2) is 14.1 Å². The summed E-state index contributed by atoms with van der Waals surface area (Å²) < 4.78 is 14.7. The summed E-state index contributed by atoms with van der Waals surface area (Å²) in [6.45, 7) is 1.90. The maximum Gasteiger partial charge on any atom is 0.295 e. The fourth-order valence-electron chi connectivity index (χ4n) is 2.81. The molecule has 4 rings (SSSR count). The van der Waals surface area contributed by atoms with E-state index in [0.717, 1.165) is 11.1 Å². The summed E-state index contributed by atoms with van der Waals surface area (Å²) in [7, 11) is 0. The lowest BCUT2D eigenvalue weighted by Crippen LogP contribution is -2.14. The minimum absolute atomic E-state index is 0.0408. The molecule has 1 amide bonds. The van der Waals surface area contributed by atoms with E-state index < -0.39 is 11.7 Å². The molecule has 0 aliphatic heterocycles. The van der Waals surface area contributed by atoms with Crippen LogP contribution >= 0.6 is 23.2 Å². The van der Waals surface area contributed by atoms with Crippen LogP contribution in [-0.4, -0.2) is 20.7 Å². The molecular formula is C22H15Cl2FN4O. The van der Waals surface area contributed by atoms with E-state index in [1.807, 2.05) is 19.1 Å². The van der Waals surface area contributed by atoms with E-state index in [0.29, 0.717) is 27.2 Å². The number of aromatic nitrogens is 3. The Morgan fingerprint density at radius 1 is 1.00 bits per heavy atom. The Labute approximate surface area is 182 Å². The fourth-order valence-corrected chi connectivity index (χ4v) is 3.11. The summed E-state index contributed by atoms with van der Waals surface area (Å²) in [6.07, 6.45) is 0. The lowest BCUT2D eigenvalue weighted by atomic mass is 10.2. The molecule has 0 spiro atoms. The number of rotatable bonds is 4. The summed E-state index contributed by atoms with van der Waals surface area (Å²) in [4.78, 5) is 17.1. The lowest BCUT2D eigenvalue weighted by Gasteiger charge is -2.07. The Kier molecular flexibility index (Phi) is 5.53. The zero-order chi connectivity index (χ0) is 21.3. The molecule has 5 nitrogen and oxygen atoms in total. The third kappa shape index (κ3) is 4.20. The van der Waals surface area contributed by atoms with E-state index in [9.17, 15) is 9.18 Å². The van der Waals surface area contributed by atoms with Gasteiger partial charge in [-0.15, -0.1) is 5.10 Å². The molecule has 150 valence electrons. The smallest absolute Gasteiger partial charge is 0.295 e. The SMILES string of the molecule is Cc1ccc(-n2nc(C(=O)Nc3ccc(F)cc3)nc2-c2ccc(Cl)cc2)cc1Cl. The number of carbonyl (C=O) groups is 1. The third-order valence-corrected chi connectivity index (χ3v) is 5.07. The molecule has 0 fully saturated rings. The van der Waals surface area contributed by atoms with Crippen molar-refractivity contribution in [2.24, 2.45) is 0 Å². The third-order valence-electron chi connectivity index (χ3n) is 4.41. The highest BCUT2D eigenvalue weighted by molar-refractivity contribution is 6.31. The van der Waals surface area contributed by atoms with Crippen LogP contribution in [0.4, 0.5) is 10.1 Å². The van der Waals surface area contributed by atoms with Crippen molar-refractivity contribution >= 4 is 34.8 Å². The minimum Gasteiger partial charge on any atom is -0.319 e. The molecule has 1 heterocycles. The summed E-state index contributed by atoms with van der Waals surface area (Å²) in [5.41, 5.74) is 2.74. The molecule has 0 atom stereocenters. The normalized spacial score (nSPS) is 10.8. The number of hydrogen-bond donors (Lipinski definition) is 1. The Bertz CT molecular complexity index is 1220. The molecule has 4 aromatic rings. The monoisotopic (exact) mass is 440 g/mol. The zero-order valence-corrected chi connectivity index (χ0v) is 17.2. The second-order valence-electron chi connectivity index (χ2n) is 6.57. The maximum absolute atomic E-state index is 13.1. The van der Waals surface area contributed by atoms with E-state index in [2.05, 4.69) is 15.4 Å². The van der Waals surface area contributed by atoms with Crippen molar-refractivity contribution in [3.05, 3.63) is 94.0 Å². The first-order valence-corrected chi connectivity index (χ1v) is 9.73. The zero-order valence-electron chi connectivity index (χ0n) is 15.7. The first kappa shape index (κ1) is 20.1. The van der Waals surface area contributed by atoms with Crippen molar-refractivity contribution in [3.63, 3.8) is 0 Å². The number of benzene rings is 3. The van der Waals surface area contributed by atoms with Crippen LogP contribution in [0.15, 0.2) is 66.7 Å². The Morgan fingerprint density at radius 2 is 1.70 bits per heavy atom. The lowest BCUT2D eigenvalue weighted by molar-refractivity contribution is 0.101. The second kappa shape index (κ2) is 8.26. The van der Waals surface area contributed by atoms with Gasteiger partial charge in [0.05, 0.1) is 5.69 Å². The van der Waals surface area contributed by atoms with Gasteiger partial charge in [0.15, 0.2) is 5.82 Å². The van der Waals surface area contributed by atoms with E-state index in [-0.39, 0.29) is 5.82 Å². The van der Waals surface area contributed by atoms with Crippen molar-refractivity contribution < 1.29 is 9.18 Å². The molecule has 0 aliphatic rings. The number of nitrogens with zero attached hydrogens (tertiary/aromatic N) is 3. The van der Waals surface area contributed by atoms with Crippen LogP contribution in [-0.2, 0) is 0 Å². The van der Waals surface area contributed by atoms with E-state index in [1.165, 1.54) is 24.3 Å². The Hall–Kier alpha value is -3.22. The number of amides is 1. The predicted octanol–water partition coefficient (Wildman–Crippen LogP) is 5.94. The van der Waals surface area contributed by atoms with Gasteiger partial charge in [0, 0.05) is 21.3 Å². The van der Waals surface area contributed by atoms with Gasteiger partial charge in [-0.2, -0.15) is 0 Å². The van der Waals surface area contributed by atoms with Crippen LogP contribution in [0.25, 0.3) is 17.1 Å². The summed E-state index contributed by atoms with van der Waals surface area (Å²) in [5, 5.41) is 8.21. The first-order chi connectivity index (χ1) is 14.4. The average molecular weight is 441 g/mol. The number of hydrogen-bond acceptors (Lipinski definition) is 3. The quantitative estimate of drug-likeness (QED) is 0.426. The molecule has 8 heteroatoms.